The number of amides is 4. The van der Waals surface area contributed by atoms with Crippen LogP contribution in [0.2, 0.25) is 0 Å². The fourth-order valence-electron chi connectivity index (χ4n) is 4.84. The summed E-state index contributed by atoms with van der Waals surface area (Å²) in [6, 6.07) is 13.6. The Kier molecular flexibility index (Phi) is 11.7. The smallest absolute Gasteiger partial charge is 0.417 e. The van der Waals surface area contributed by atoms with E-state index in [2.05, 4.69) is 9.98 Å². The highest BCUT2D eigenvalue weighted by molar-refractivity contribution is 6.05. The van der Waals surface area contributed by atoms with Crippen molar-refractivity contribution in [1.82, 2.24) is 19.6 Å². The number of benzene rings is 2. The summed E-state index contributed by atoms with van der Waals surface area (Å²) >= 11 is 0. The fourth-order valence-corrected chi connectivity index (χ4v) is 4.84. The van der Waals surface area contributed by atoms with Gasteiger partial charge in [-0.15, -0.1) is 0 Å². The maximum absolute atomic E-state index is 13.1. The van der Waals surface area contributed by atoms with E-state index in [0.29, 0.717) is 22.9 Å². The molecule has 2 fully saturated rings. The number of hydrogen-bond acceptors (Lipinski definition) is 11. The average molecular weight is 737 g/mol. The van der Waals surface area contributed by atoms with Crippen LogP contribution in [0.15, 0.2) is 58.5 Å². The number of ether oxygens (including phenoxy) is 5. The molecule has 53 heavy (non-hydrogen) atoms. The first kappa shape index (κ1) is 40.4. The Bertz CT molecular complexity index is 1520. The topological polar surface area (TPSA) is 152 Å². The van der Waals surface area contributed by atoms with Crippen LogP contribution in [0.1, 0.15) is 83.1 Å². The van der Waals surface area contributed by atoms with Crippen molar-refractivity contribution in [3.63, 3.8) is 0 Å². The quantitative estimate of drug-likeness (QED) is 0.282. The second kappa shape index (κ2) is 15.3. The molecule has 0 unspecified atom stereocenters. The van der Waals surface area contributed by atoms with E-state index in [1.807, 2.05) is 0 Å². The van der Waals surface area contributed by atoms with Gasteiger partial charge in [0.1, 0.15) is 33.9 Å². The first-order valence-corrected chi connectivity index (χ1v) is 17.4. The lowest BCUT2D eigenvalue weighted by molar-refractivity contribution is 0.0351. The van der Waals surface area contributed by atoms with Crippen molar-refractivity contribution in [2.24, 2.45) is 9.98 Å². The van der Waals surface area contributed by atoms with E-state index >= 15 is 0 Å². The molecule has 0 spiro atoms. The van der Waals surface area contributed by atoms with Crippen molar-refractivity contribution >= 4 is 47.7 Å². The van der Waals surface area contributed by atoms with Crippen molar-refractivity contribution in [2.75, 3.05) is 26.2 Å². The number of carbonyl (C=O) groups is 4. The highest BCUT2D eigenvalue weighted by atomic mass is 16.6. The normalized spacial score (nSPS) is 15.3. The summed E-state index contributed by atoms with van der Waals surface area (Å²) < 4.78 is 28.3. The summed E-state index contributed by atoms with van der Waals surface area (Å²) in [6.45, 7) is 21.9. The zero-order valence-corrected chi connectivity index (χ0v) is 32.8. The van der Waals surface area contributed by atoms with Gasteiger partial charge in [-0.05, 0) is 132 Å². The van der Waals surface area contributed by atoms with Gasteiger partial charge in [0.25, 0.3) is 0 Å². The van der Waals surface area contributed by atoms with Crippen LogP contribution in [0.5, 0.6) is 11.5 Å². The summed E-state index contributed by atoms with van der Waals surface area (Å²) in [6.07, 6.45) is -2.50. The van der Waals surface area contributed by atoms with Gasteiger partial charge in [0.15, 0.2) is 0 Å². The monoisotopic (exact) mass is 736 g/mol. The zero-order valence-electron chi connectivity index (χ0n) is 32.8. The third-order valence-corrected chi connectivity index (χ3v) is 6.88. The molecular weight excluding hydrogens is 684 g/mol. The lowest BCUT2D eigenvalue weighted by atomic mass is 10.2. The molecule has 0 atom stereocenters. The molecule has 15 nitrogen and oxygen atoms in total. The molecule has 15 heteroatoms. The molecule has 2 aliphatic rings. The predicted octanol–water partition coefficient (Wildman–Crippen LogP) is 8.43. The Labute approximate surface area is 311 Å². The van der Waals surface area contributed by atoms with E-state index in [-0.39, 0.29) is 38.1 Å². The highest BCUT2D eigenvalue weighted by Gasteiger charge is 2.41. The SMILES string of the molecule is CC(C)(C)OC(=O)N1CCN(C(=O)OC(C)(C)C)C1=Nc1ccc(Oc2ccc(N=C3N(C(=O)OC(C)(C)C)CCN3C(=O)OC(C)(C)C)cc2)cc1. The number of hydrogen-bond donors (Lipinski definition) is 0. The fraction of sp³-hybridized carbons (Fsp3) is 0.526. The maximum Gasteiger partial charge on any atom is 0.417 e. The maximum atomic E-state index is 13.1. The van der Waals surface area contributed by atoms with E-state index in [1.165, 1.54) is 19.6 Å². The first-order valence-electron chi connectivity index (χ1n) is 17.4. The minimum atomic E-state index is -0.747. The molecule has 0 aromatic heterocycles. The molecule has 4 rings (SSSR count). The molecule has 0 aliphatic carbocycles. The predicted molar refractivity (Wildman–Crippen MR) is 199 cm³/mol. The van der Waals surface area contributed by atoms with Crippen LogP contribution >= 0.6 is 0 Å². The van der Waals surface area contributed by atoms with E-state index in [0.717, 1.165) is 0 Å². The number of nitrogens with zero attached hydrogens (tertiary/aromatic N) is 6. The standard InChI is InChI=1S/C38H52N6O9/c1-35(2,3)50-31(45)41-21-22-42(32(46)51-36(4,5)6)29(41)39-25-13-17-27(18-14-25)49-28-19-15-26(16-20-28)40-30-43(33(47)52-37(7,8)9)23-24-44(30)34(48)53-38(10,11)12/h13-20H,21-24H2,1-12H3. The van der Waals surface area contributed by atoms with Crippen LogP contribution in [0, 0.1) is 0 Å². The van der Waals surface area contributed by atoms with Crippen LogP contribution in [-0.4, -0.2) is 104 Å². The van der Waals surface area contributed by atoms with Gasteiger partial charge in [-0.1, -0.05) is 0 Å². The lowest BCUT2D eigenvalue weighted by Crippen LogP contribution is -2.44. The average Bonchev–Trinajstić information content (AvgIpc) is 3.60. The summed E-state index contributed by atoms with van der Waals surface area (Å²) in [7, 11) is 0. The molecule has 2 aromatic carbocycles. The number of rotatable bonds is 4. The van der Waals surface area contributed by atoms with E-state index in [1.54, 1.807) is 132 Å². The van der Waals surface area contributed by atoms with Gasteiger partial charge in [-0.2, -0.15) is 0 Å². The van der Waals surface area contributed by atoms with Crippen molar-refractivity contribution < 1.29 is 42.9 Å². The summed E-state index contributed by atoms with van der Waals surface area (Å²) in [5.41, 5.74) is -2.07. The Morgan fingerprint density at radius 3 is 0.868 bits per heavy atom. The van der Waals surface area contributed by atoms with Gasteiger partial charge >= 0.3 is 24.4 Å². The Morgan fingerprint density at radius 1 is 0.434 bits per heavy atom. The van der Waals surface area contributed by atoms with Crippen LogP contribution in [0.25, 0.3) is 0 Å². The van der Waals surface area contributed by atoms with Crippen LogP contribution in [0.3, 0.4) is 0 Å². The minimum absolute atomic E-state index is 0.0945. The van der Waals surface area contributed by atoms with Crippen LogP contribution in [0.4, 0.5) is 30.6 Å². The van der Waals surface area contributed by atoms with Crippen LogP contribution in [-0.2, 0) is 18.9 Å². The molecule has 0 N–H and O–H groups in total. The van der Waals surface area contributed by atoms with E-state index in [9.17, 15) is 19.2 Å². The number of guanidine groups is 2. The second-order valence-corrected chi connectivity index (χ2v) is 16.4. The van der Waals surface area contributed by atoms with Gasteiger partial charge in [-0.25, -0.2) is 48.8 Å². The molecule has 0 saturated carbocycles. The lowest BCUT2D eigenvalue weighted by Gasteiger charge is -2.27. The van der Waals surface area contributed by atoms with E-state index < -0.39 is 46.8 Å². The molecule has 2 aliphatic heterocycles. The van der Waals surface area contributed by atoms with Crippen molar-refractivity contribution in [2.45, 2.75) is 105 Å². The third kappa shape index (κ3) is 11.8. The van der Waals surface area contributed by atoms with Gasteiger partial charge in [0.05, 0.1) is 37.6 Å². The van der Waals surface area contributed by atoms with Gasteiger partial charge < -0.3 is 23.7 Å². The van der Waals surface area contributed by atoms with Crippen molar-refractivity contribution in [3.05, 3.63) is 48.5 Å². The Balaban J connectivity index is 1.54. The van der Waals surface area contributed by atoms with Crippen LogP contribution < -0.4 is 4.74 Å². The molecule has 4 amide bonds. The molecule has 0 bridgehead atoms. The molecule has 2 aromatic rings. The zero-order chi connectivity index (χ0) is 39.5. The minimum Gasteiger partial charge on any atom is -0.457 e. The Hall–Kier alpha value is -5.34. The Morgan fingerprint density at radius 2 is 0.660 bits per heavy atom. The highest BCUT2D eigenvalue weighted by Crippen LogP contribution is 2.29. The molecule has 2 saturated heterocycles. The van der Waals surface area contributed by atoms with Gasteiger partial charge in [0.2, 0.25) is 11.9 Å². The largest absolute Gasteiger partial charge is 0.457 e. The molecule has 2 heterocycles. The third-order valence-electron chi connectivity index (χ3n) is 6.88. The van der Waals surface area contributed by atoms with Crippen molar-refractivity contribution in [3.8, 4) is 11.5 Å². The van der Waals surface area contributed by atoms with E-state index in [4.69, 9.17) is 23.7 Å². The molecule has 0 radical (unpaired) electrons. The second-order valence-electron chi connectivity index (χ2n) is 16.4. The first-order chi connectivity index (χ1) is 24.4. The molecular formula is C38H52N6O9. The summed E-state index contributed by atoms with van der Waals surface area (Å²) in [5.74, 6) is 1.18. The number of carbonyl (C=O) groups excluding carboxylic acids is 4. The van der Waals surface area contributed by atoms with Gasteiger partial charge in [0, 0.05) is 0 Å². The van der Waals surface area contributed by atoms with Gasteiger partial charge in [-0.3, -0.25) is 0 Å². The summed E-state index contributed by atoms with van der Waals surface area (Å²) in [4.78, 5) is 66.7. The molecule has 288 valence electrons. The van der Waals surface area contributed by atoms with Crippen molar-refractivity contribution in [1.29, 1.82) is 0 Å². The summed E-state index contributed by atoms with van der Waals surface area (Å²) in [5, 5.41) is 0. The number of aliphatic imine (C=N–C) groups is 2.